The molecule has 2 saturated heterocycles. The summed E-state index contributed by atoms with van der Waals surface area (Å²) in [6, 6.07) is 2.01. The molecule has 0 amide bonds. The molecular weight excluding hydrogens is 434 g/mol. The van der Waals surface area contributed by atoms with Crippen LogP contribution in [-0.4, -0.2) is 55.8 Å². The molecule has 176 valence electrons. The number of hydrogen-bond donors (Lipinski definition) is 0. The van der Waals surface area contributed by atoms with Crippen LogP contribution in [0.5, 0.6) is 0 Å². The fourth-order valence-corrected chi connectivity index (χ4v) is 13.1. The summed E-state index contributed by atoms with van der Waals surface area (Å²) >= 11 is 0. The number of ether oxygens (including phenoxy) is 2. The first-order chi connectivity index (χ1) is 14.5. The number of unbranched alkanes of at least 4 members (excludes halogenated alkanes) is 1. The van der Waals surface area contributed by atoms with Gasteiger partial charge in [0.05, 0.1) is 38.5 Å². The van der Waals surface area contributed by atoms with Crippen LogP contribution in [0.2, 0.25) is 38.3 Å². The van der Waals surface area contributed by atoms with E-state index in [9.17, 15) is 14.4 Å². The van der Waals surface area contributed by atoms with Crippen molar-refractivity contribution in [2.75, 3.05) is 13.2 Å². The Labute approximate surface area is 185 Å². The monoisotopic (exact) mass is 471 g/mol. The molecule has 3 rings (SSSR count). The Balaban J connectivity index is 1.73. The Morgan fingerprint density at radius 1 is 0.806 bits per heavy atom. The van der Waals surface area contributed by atoms with E-state index in [0.717, 1.165) is 21.2 Å². The summed E-state index contributed by atoms with van der Waals surface area (Å²) in [6.45, 7) is 12.9. The maximum Gasteiger partial charge on any atom is 0.336 e. The third-order valence-corrected chi connectivity index (χ3v) is 13.3. The summed E-state index contributed by atoms with van der Waals surface area (Å²) in [7, 11) is -3.62. The van der Waals surface area contributed by atoms with E-state index >= 15 is 0 Å². The quantitative estimate of drug-likeness (QED) is 0.320. The molecule has 2 aliphatic heterocycles. The topological polar surface area (TPSA) is 100 Å². The highest BCUT2D eigenvalue weighted by Crippen LogP contribution is 2.24. The first-order valence-electron chi connectivity index (χ1n) is 11.4. The van der Waals surface area contributed by atoms with Gasteiger partial charge in [-0.1, -0.05) is 19.8 Å². The Kier molecular flexibility index (Phi) is 7.62. The normalized spacial score (nSPS) is 20.8. The van der Waals surface area contributed by atoms with Gasteiger partial charge >= 0.3 is 17.1 Å². The van der Waals surface area contributed by atoms with E-state index in [2.05, 4.69) is 33.1 Å². The van der Waals surface area contributed by atoms with E-state index < -0.39 is 33.7 Å². The molecular formula is C20H37N3O6Si2. The van der Waals surface area contributed by atoms with Crippen LogP contribution in [0.1, 0.15) is 26.2 Å². The van der Waals surface area contributed by atoms with Crippen LogP contribution in [0.25, 0.3) is 0 Å². The van der Waals surface area contributed by atoms with E-state index in [1.165, 1.54) is 17.4 Å². The average molecular weight is 472 g/mol. The van der Waals surface area contributed by atoms with E-state index in [4.69, 9.17) is 13.6 Å². The van der Waals surface area contributed by atoms with E-state index in [1.807, 2.05) is 0 Å². The predicted octanol–water partition coefficient (Wildman–Crippen LogP) is 1.59. The van der Waals surface area contributed by atoms with Crippen molar-refractivity contribution in [3.05, 3.63) is 31.5 Å². The van der Waals surface area contributed by atoms with Crippen molar-refractivity contribution in [3.63, 3.8) is 0 Å². The summed E-state index contributed by atoms with van der Waals surface area (Å²) in [5.74, 6) is 0. The highest BCUT2D eigenvalue weighted by Gasteiger charge is 2.33. The maximum atomic E-state index is 12.9. The van der Waals surface area contributed by atoms with Crippen molar-refractivity contribution < 1.29 is 13.6 Å². The molecule has 2 aliphatic rings. The summed E-state index contributed by atoms with van der Waals surface area (Å²) in [5, 5.41) is 0. The van der Waals surface area contributed by atoms with Gasteiger partial charge in [0.1, 0.15) is 0 Å². The first-order valence-corrected chi connectivity index (χ1v) is 17.6. The lowest BCUT2D eigenvalue weighted by Crippen LogP contribution is -2.55. The van der Waals surface area contributed by atoms with Gasteiger partial charge in [-0.2, -0.15) is 0 Å². The molecule has 31 heavy (non-hydrogen) atoms. The van der Waals surface area contributed by atoms with Gasteiger partial charge in [0, 0.05) is 6.54 Å². The summed E-state index contributed by atoms with van der Waals surface area (Å²) in [4.78, 5) is 38.6. The van der Waals surface area contributed by atoms with Gasteiger partial charge in [0.2, 0.25) is 0 Å². The van der Waals surface area contributed by atoms with E-state index in [0.29, 0.717) is 19.6 Å². The minimum atomic E-state index is -1.92. The molecule has 0 N–H and O–H groups in total. The molecule has 2 atom stereocenters. The molecule has 0 aromatic carbocycles. The van der Waals surface area contributed by atoms with Gasteiger partial charge in [-0.3, -0.25) is 0 Å². The number of rotatable bonds is 13. The van der Waals surface area contributed by atoms with Gasteiger partial charge in [0.25, 0.3) is 0 Å². The van der Waals surface area contributed by atoms with E-state index in [1.54, 1.807) is 0 Å². The van der Waals surface area contributed by atoms with Gasteiger partial charge in [-0.25, -0.2) is 28.1 Å². The summed E-state index contributed by atoms with van der Waals surface area (Å²) < 4.78 is 20.5. The van der Waals surface area contributed by atoms with Crippen LogP contribution in [0.3, 0.4) is 0 Å². The zero-order valence-corrected chi connectivity index (χ0v) is 21.5. The van der Waals surface area contributed by atoms with Crippen LogP contribution in [0, 0.1) is 0 Å². The number of aromatic nitrogens is 3. The number of hydrogen-bond acceptors (Lipinski definition) is 6. The molecule has 3 heterocycles. The van der Waals surface area contributed by atoms with Crippen molar-refractivity contribution in [2.45, 2.75) is 96.3 Å². The zero-order chi connectivity index (χ0) is 22.8. The second-order valence-electron chi connectivity index (χ2n) is 9.96. The van der Waals surface area contributed by atoms with Crippen LogP contribution in [-0.2, 0) is 33.2 Å². The number of epoxide rings is 2. The molecule has 0 radical (unpaired) electrons. The molecule has 2 unspecified atom stereocenters. The van der Waals surface area contributed by atoms with Crippen LogP contribution < -0.4 is 17.1 Å². The molecule has 9 nitrogen and oxygen atoms in total. The Bertz CT molecular complexity index is 891. The third kappa shape index (κ3) is 6.85. The van der Waals surface area contributed by atoms with Crippen molar-refractivity contribution in [1.29, 1.82) is 0 Å². The highest BCUT2D eigenvalue weighted by atomic mass is 28.4. The smallest absolute Gasteiger partial charge is 0.336 e. The van der Waals surface area contributed by atoms with Crippen LogP contribution >= 0.6 is 0 Å². The summed E-state index contributed by atoms with van der Waals surface area (Å²) in [5.41, 5.74) is -1.66. The largest absolute Gasteiger partial charge is 0.455 e. The fraction of sp³-hybridized carbons (Fsp3) is 0.850. The average Bonchev–Trinajstić information content (AvgIpc) is 3.58. The molecule has 1 aromatic heterocycles. The fourth-order valence-electron chi connectivity index (χ4n) is 4.06. The molecule has 0 bridgehead atoms. The molecule has 2 fully saturated rings. The van der Waals surface area contributed by atoms with Crippen molar-refractivity contribution >= 4 is 16.6 Å². The second kappa shape index (κ2) is 9.69. The Morgan fingerprint density at radius 2 is 1.23 bits per heavy atom. The minimum Gasteiger partial charge on any atom is -0.455 e. The van der Waals surface area contributed by atoms with Gasteiger partial charge < -0.3 is 13.6 Å². The van der Waals surface area contributed by atoms with Crippen LogP contribution in [0.15, 0.2) is 14.4 Å². The first kappa shape index (κ1) is 24.4. The van der Waals surface area contributed by atoms with Crippen molar-refractivity contribution in [3.8, 4) is 0 Å². The highest BCUT2D eigenvalue weighted by molar-refractivity contribution is 6.84. The van der Waals surface area contributed by atoms with E-state index in [-0.39, 0.29) is 31.8 Å². The number of nitrogens with zero attached hydrogens (tertiary/aromatic N) is 3. The Hall–Kier alpha value is -1.28. The molecule has 11 heteroatoms. The van der Waals surface area contributed by atoms with Gasteiger partial charge in [-0.15, -0.1) is 0 Å². The summed E-state index contributed by atoms with van der Waals surface area (Å²) in [6.07, 6.45) is 2.78. The lowest BCUT2D eigenvalue weighted by atomic mass is 10.4. The molecule has 0 aliphatic carbocycles. The lowest BCUT2D eigenvalue weighted by molar-refractivity contribution is 0.339. The predicted molar refractivity (Wildman–Crippen MR) is 124 cm³/mol. The lowest BCUT2D eigenvalue weighted by Gasteiger charge is -2.34. The Morgan fingerprint density at radius 3 is 1.65 bits per heavy atom. The zero-order valence-electron chi connectivity index (χ0n) is 19.5. The SMILES string of the molecule is CCCC[Si](C)(C)O[Si](C)(C)CCCn1c(=O)n(CC2CO2)c(=O)n(CC2CO2)c1=O. The molecule has 1 aromatic rings. The standard InChI is InChI=1S/C20H37N3O6Si2/c1-6-7-10-30(2,3)29-31(4,5)11-8-9-21-18(24)22(12-16-14-27-16)20(26)23(19(21)25)13-17-15-28-17/h16-17H,6-15H2,1-5H3. The minimum absolute atomic E-state index is 0.128. The third-order valence-electron chi connectivity index (χ3n) is 5.81. The maximum absolute atomic E-state index is 12.9. The van der Waals surface area contributed by atoms with Crippen molar-refractivity contribution in [1.82, 2.24) is 13.7 Å². The van der Waals surface area contributed by atoms with Gasteiger partial charge in [-0.05, 0) is 44.7 Å². The second-order valence-corrected chi connectivity index (χ2v) is 18.8. The van der Waals surface area contributed by atoms with Crippen molar-refractivity contribution in [2.24, 2.45) is 0 Å². The molecule has 0 spiro atoms. The van der Waals surface area contributed by atoms with Gasteiger partial charge in [0.15, 0.2) is 16.6 Å². The van der Waals surface area contributed by atoms with Crippen LogP contribution in [0.4, 0.5) is 0 Å². The molecule has 0 saturated carbocycles.